The van der Waals surface area contributed by atoms with Crippen molar-refractivity contribution in [1.82, 2.24) is 5.32 Å². The largest absolute Gasteiger partial charge is 0.328 e. The Balaban J connectivity index is 2.23. The molecular formula is C7H16N2. The minimum atomic E-state index is 0.455. The molecule has 3 N–H and O–H groups in total. The van der Waals surface area contributed by atoms with Gasteiger partial charge in [-0.1, -0.05) is 6.42 Å². The fraction of sp³-hybridized carbons (Fsp3) is 1.00. The van der Waals surface area contributed by atoms with Gasteiger partial charge < -0.3 is 11.1 Å². The summed E-state index contributed by atoms with van der Waals surface area (Å²) in [5.74, 6) is 0. The lowest BCUT2D eigenvalue weighted by molar-refractivity contribution is 0.355. The smallest absolute Gasteiger partial charge is 0.00788 e. The highest BCUT2D eigenvalue weighted by atomic mass is 14.9. The van der Waals surface area contributed by atoms with Crippen molar-refractivity contribution in [2.24, 2.45) is 5.73 Å². The summed E-state index contributed by atoms with van der Waals surface area (Å²) >= 11 is 0. The second kappa shape index (κ2) is 3.18. The molecule has 0 spiro atoms. The van der Waals surface area contributed by atoms with Crippen molar-refractivity contribution in [2.45, 2.75) is 37.8 Å². The summed E-state index contributed by atoms with van der Waals surface area (Å²) in [6.45, 7) is 0. The molecule has 1 fully saturated rings. The molecule has 0 radical (unpaired) electrons. The summed E-state index contributed by atoms with van der Waals surface area (Å²) < 4.78 is 0. The molecule has 1 aliphatic rings. The van der Waals surface area contributed by atoms with Crippen molar-refractivity contribution in [3.8, 4) is 0 Å². The molecule has 0 saturated heterocycles. The number of nitrogens with two attached hydrogens (primary N) is 1. The van der Waals surface area contributed by atoms with Crippen LogP contribution in [0.1, 0.15) is 25.7 Å². The van der Waals surface area contributed by atoms with E-state index in [1.807, 2.05) is 7.05 Å². The molecule has 54 valence electrons. The van der Waals surface area contributed by atoms with Gasteiger partial charge in [-0.3, -0.25) is 0 Å². The lowest BCUT2D eigenvalue weighted by Crippen LogP contribution is -2.37. The van der Waals surface area contributed by atoms with E-state index in [4.69, 9.17) is 5.73 Å². The molecule has 2 nitrogen and oxygen atoms in total. The molecule has 2 atom stereocenters. The maximum atomic E-state index is 5.76. The van der Waals surface area contributed by atoms with Gasteiger partial charge in [-0.05, 0) is 26.3 Å². The molecule has 0 aromatic rings. The molecule has 0 unspecified atom stereocenters. The Hall–Kier alpha value is -0.0800. The van der Waals surface area contributed by atoms with Gasteiger partial charge in [0.15, 0.2) is 0 Å². The van der Waals surface area contributed by atoms with Gasteiger partial charge in [0.1, 0.15) is 0 Å². The summed E-state index contributed by atoms with van der Waals surface area (Å²) in [4.78, 5) is 0. The maximum absolute atomic E-state index is 5.76. The molecule has 9 heavy (non-hydrogen) atoms. The molecular weight excluding hydrogens is 112 g/mol. The van der Waals surface area contributed by atoms with Gasteiger partial charge in [-0.2, -0.15) is 0 Å². The summed E-state index contributed by atoms with van der Waals surface area (Å²) in [6.07, 6.45) is 4.99. The molecule has 0 aromatic heterocycles. The topological polar surface area (TPSA) is 38.0 Å². The van der Waals surface area contributed by atoms with Gasteiger partial charge in [-0.25, -0.2) is 0 Å². The predicted molar refractivity (Wildman–Crippen MR) is 39.3 cm³/mol. The van der Waals surface area contributed by atoms with Gasteiger partial charge in [0.25, 0.3) is 0 Å². The van der Waals surface area contributed by atoms with Crippen molar-refractivity contribution in [3.05, 3.63) is 0 Å². The second-order valence-electron chi connectivity index (χ2n) is 2.91. The van der Waals surface area contributed by atoms with Crippen LogP contribution in [0, 0.1) is 0 Å². The molecule has 0 amide bonds. The number of nitrogens with one attached hydrogen (secondary N) is 1. The zero-order chi connectivity index (χ0) is 6.69. The zero-order valence-corrected chi connectivity index (χ0v) is 6.06. The highest BCUT2D eigenvalue weighted by Crippen LogP contribution is 2.15. The van der Waals surface area contributed by atoms with Crippen molar-refractivity contribution >= 4 is 0 Å². The molecule has 0 heterocycles. The van der Waals surface area contributed by atoms with Crippen LogP contribution in [-0.2, 0) is 0 Å². The Bertz CT molecular complexity index is 83.0. The molecule has 1 rings (SSSR count). The van der Waals surface area contributed by atoms with Gasteiger partial charge in [0.05, 0.1) is 0 Å². The average Bonchev–Trinajstić information content (AvgIpc) is 1.88. The lowest BCUT2D eigenvalue weighted by Gasteiger charge is -2.25. The third-order valence-electron chi connectivity index (χ3n) is 2.12. The van der Waals surface area contributed by atoms with Gasteiger partial charge in [-0.15, -0.1) is 0 Å². The van der Waals surface area contributed by atoms with E-state index < -0.39 is 0 Å². The van der Waals surface area contributed by atoms with E-state index >= 15 is 0 Å². The van der Waals surface area contributed by atoms with Crippen LogP contribution in [-0.4, -0.2) is 19.1 Å². The molecule has 0 bridgehead atoms. The third-order valence-corrected chi connectivity index (χ3v) is 2.12. The highest BCUT2D eigenvalue weighted by molar-refractivity contribution is 4.78. The normalized spacial score (nSPS) is 36.7. The van der Waals surface area contributed by atoms with Crippen LogP contribution in [0.5, 0.6) is 0 Å². The standard InChI is InChI=1S/C7H16N2/c1-9-7-4-2-3-6(8)5-7/h6-7,9H,2-5,8H2,1H3/t6-,7-/m0/s1. The van der Waals surface area contributed by atoms with Crippen LogP contribution in [0.4, 0.5) is 0 Å². The van der Waals surface area contributed by atoms with E-state index in [2.05, 4.69) is 5.32 Å². The third kappa shape index (κ3) is 1.95. The van der Waals surface area contributed by atoms with Gasteiger partial charge in [0, 0.05) is 12.1 Å². The summed E-state index contributed by atoms with van der Waals surface area (Å²) in [6, 6.07) is 1.14. The molecule has 2 heteroatoms. The molecule has 0 aliphatic heterocycles. The van der Waals surface area contributed by atoms with Crippen LogP contribution in [0.2, 0.25) is 0 Å². The Kier molecular flexibility index (Phi) is 2.49. The first-order valence-electron chi connectivity index (χ1n) is 3.76. The number of hydrogen-bond acceptors (Lipinski definition) is 2. The Morgan fingerprint density at radius 3 is 2.67 bits per heavy atom. The van der Waals surface area contributed by atoms with E-state index in [-0.39, 0.29) is 0 Å². The summed E-state index contributed by atoms with van der Waals surface area (Å²) in [5, 5.41) is 3.25. The summed E-state index contributed by atoms with van der Waals surface area (Å²) in [7, 11) is 2.02. The fourth-order valence-electron chi connectivity index (χ4n) is 1.49. The first kappa shape index (κ1) is 7.03. The quantitative estimate of drug-likeness (QED) is 0.539. The lowest BCUT2D eigenvalue weighted by atomic mass is 9.92. The second-order valence-corrected chi connectivity index (χ2v) is 2.91. The zero-order valence-electron chi connectivity index (χ0n) is 6.06. The Morgan fingerprint density at radius 1 is 1.44 bits per heavy atom. The van der Waals surface area contributed by atoms with Crippen molar-refractivity contribution in [1.29, 1.82) is 0 Å². The van der Waals surface area contributed by atoms with Crippen molar-refractivity contribution in [2.75, 3.05) is 7.05 Å². The minimum Gasteiger partial charge on any atom is -0.328 e. The number of rotatable bonds is 1. The minimum absolute atomic E-state index is 0.455. The van der Waals surface area contributed by atoms with E-state index in [0.29, 0.717) is 12.1 Å². The molecule has 0 aromatic carbocycles. The summed E-state index contributed by atoms with van der Waals surface area (Å²) in [5.41, 5.74) is 5.76. The predicted octanol–water partition coefficient (Wildman–Crippen LogP) is 0.476. The van der Waals surface area contributed by atoms with E-state index in [1.165, 1.54) is 19.3 Å². The van der Waals surface area contributed by atoms with Gasteiger partial charge >= 0.3 is 0 Å². The SMILES string of the molecule is CN[C@H]1CCC[C@H](N)C1. The van der Waals surface area contributed by atoms with Crippen LogP contribution in [0.25, 0.3) is 0 Å². The molecule has 1 aliphatic carbocycles. The maximum Gasteiger partial charge on any atom is 0.00788 e. The van der Waals surface area contributed by atoms with E-state index in [1.54, 1.807) is 0 Å². The van der Waals surface area contributed by atoms with Crippen LogP contribution >= 0.6 is 0 Å². The average molecular weight is 128 g/mol. The van der Waals surface area contributed by atoms with Crippen LogP contribution in [0.3, 0.4) is 0 Å². The molecule has 1 saturated carbocycles. The van der Waals surface area contributed by atoms with Crippen molar-refractivity contribution in [3.63, 3.8) is 0 Å². The first-order valence-corrected chi connectivity index (χ1v) is 3.76. The monoisotopic (exact) mass is 128 g/mol. The van der Waals surface area contributed by atoms with Crippen LogP contribution < -0.4 is 11.1 Å². The van der Waals surface area contributed by atoms with E-state index in [0.717, 1.165) is 6.42 Å². The number of hydrogen-bond donors (Lipinski definition) is 2. The van der Waals surface area contributed by atoms with E-state index in [9.17, 15) is 0 Å². The van der Waals surface area contributed by atoms with Gasteiger partial charge in [0.2, 0.25) is 0 Å². The Labute approximate surface area is 56.8 Å². The fourth-order valence-corrected chi connectivity index (χ4v) is 1.49. The van der Waals surface area contributed by atoms with Crippen molar-refractivity contribution < 1.29 is 0 Å². The Morgan fingerprint density at radius 2 is 2.22 bits per heavy atom. The first-order chi connectivity index (χ1) is 4.33. The van der Waals surface area contributed by atoms with Crippen LogP contribution in [0.15, 0.2) is 0 Å². The highest BCUT2D eigenvalue weighted by Gasteiger charge is 2.16.